The molecule has 0 aromatic heterocycles. The summed E-state index contributed by atoms with van der Waals surface area (Å²) in [6.07, 6.45) is 10.1. The zero-order valence-electron chi connectivity index (χ0n) is 22.9. The molecule has 34 heavy (non-hydrogen) atoms. The lowest BCUT2D eigenvalue weighted by Crippen LogP contribution is -2.58. The monoisotopic (exact) mass is 486 g/mol. The van der Waals surface area contributed by atoms with E-state index in [1.807, 2.05) is 6.92 Å². The van der Waals surface area contributed by atoms with Gasteiger partial charge in [-0.3, -0.25) is 0 Å². The summed E-state index contributed by atoms with van der Waals surface area (Å²) < 4.78 is 12.2. The van der Waals surface area contributed by atoms with Crippen molar-refractivity contribution in [3.05, 3.63) is 0 Å². The first-order valence-electron chi connectivity index (χ1n) is 14.0. The molecule has 0 aromatic rings. The van der Waals surface area contributed by atoms with E-state index in [1.165, 1.54) is 0 Å². The third kappa shape index (κ3) is 11.5. The molecule has 5 unspecified atom stereocenters. The Morgan fingerprint density at radius 2 is 1.15 bits per heavy atom. The molecule has 202 valence electrons. The molecule has 0 aliphatic rings. The highest BCUT2D eigenvalue weighted by molar-refractivity contribution is 5.87. The predicted octanol–water partition coefficient (Wildman–Crippen LogP) is 7.34. The molecule has 0 spiro atoms. The van der Waals surface area contributed by atoms with Crippen molar-refractivity contribution >= 4 is 11.9 Å². The van der Waals surface area contributed by atoms with E-state index >= 15 is 0 Å². The molecule has 0 heterocycles. The van der Waals surface area contributed by atoms with E-state index in [0.717, 1.165) is 77.0 Å². The second kappa shape index (κ2) is 19.1. The number of hydrogen-bond acceptors (Lipinski definition) is 4. The van der Waals surface area contributed by atoms with E-state index in [4.69, 9.17) is 9.47 Å². The number of carbonyl (C=O) groups is 2. The Labute approximate surface area is 209 Å². The molecular weight excluding hydrogens is 432 g/mol. The Kier molecular flexibility index (Phi) is 18.5. The minimum absolute atomic E-state index is 0.0688. The molecule has 0 aromatic carbocycles. The van der Waals surface area contributed by atoms with Crippen molar-refractivity contribution in [3.63, 3.8) is 0 Å². The molecule has 0 fully saturated rings. The van der Waals surface area contributed by atoms with E-state index in [0.29, 0.717) is 0 Å². The van der Waals surface area contributed by atoms with Crippen molar-refractivity contribution in [2.24, 2.45) is 17.8 Å². The maximum atomic E-state index is 12.8. The summed E-state index contributed by atoms with van der Waals surface area (Å²) in [7, 11) is 0. The molecule has 5 atom stereocenters. The van der Waals surface area contributed by atoms with Crippen molar-refractivity contribution < 1.29 is 29.3 Å². The number of rotatable bonds is 23. The molecule has 0 amide bonds. The van der Waals surface area contributed by atoms with E-state index in [-0.39, 0.29) is 37.4 Å². The highest BCUT2D eigenvalue weighted by Gasteiger charge is 2.53. The fourth-order valence-electron chi connectivity index (χ4n) is 4.58. The minimum Gasteiger partial charge on any atom is -0.479 e. The second-order valence-electron chi connectivity index (χ2n) is 10.0. The summed E-state index contributed by atoms with van der Waals surface area (Å²) in [4.78, 5) is 25.3. The average molecular weight is 487 g/mol. The SMILES string of the molecule is CCCCC(CC)COC(C(=O)O)C(CC(CC)CCCC)(OCC(CC)CCCC)C(=O)O. The van der Waals surface area contributed by atoms with E-state index < -0.39 is 23.6 Å². The first-order valence-corrected chi connectivity index (χ1v) is 14.0. The van der Waals surface area contributed by atoms with Gasteiger partial charge in [0, 0.05) is 0 Å². The fourth-order valence-corrected chi connectivity index (χ4v) is 4.58. The van der Waals surface area contributed by atoms with Crippen molar-refractivity contribution in [3.8, 4) is 0 Å². The number of hydrogen-bond donors (Lipinski definition) is 2. The zero-order chi connectivity index (χ0) is 26.0. The smallest absolute Gasteiger partial charge is 0.339 e. The van der Waals surface area contributed by atoms with Gasteiger partial charge in [0.05, 0.1) is 13.2 Å². The number of unbranched alkanes of at least 4 members (excludes halogenated alkanes) is 3. The van der Waals surface area contributed by atoms with Crippen molar-refractivity contribution in [1.29, 1.82) is 0 Å². The first-order chi connectivity index (χ1) is 16.3. The summed E-state index contributed by atoms with van der Waals surface area (Å²) in [5.41, 5.74) is -1.89. The summed E-state index contributed by atoms with van der Waals surface area (Å²) >= 11 is 0. The van der Waals surface area contributed by atoms with Crippen molar-refractivity contribution in [1.82, 2.24) is 0 Å². The van der Waals surface area contributed by atoms with Crippen LogP contribution in [0.2, 0.25) is 0 Å². The maximum Gasteiger partial charge on any atom is 0.339 e. The zero-order valence-corrected chi connectivity index (χ0v) is 22.9. The summed E-state index contributed by atoms with van der Waals surface area (Å²) in [5.74, 6) is -1.99. The van der Waals surface area contributed by atoms with Crippen molar-refractivity contribution in [2.45, 2.75) is 137 Å². The molecule has 0 bridgehead atoms. The van der Waals surface area contributed by atoms with Crippen LogP contribution in [-0.4, -0.2) is 47.1 Å². The van der Waals surface area contributed by atoms with Crippen LogP contribution < -0.4 is 0 Å². The number of aliphatic carboxylic acids is 2. The molecule has 6 heteroatoms. The molecular formula is C28H54O6. The van der Waals surface area contributed by atoms with E-state index in [1.54, 1.807) is 0 Å². The van der Waals surface area contributed by atoms with Crippen LogP contribution >= 0.6 is 0 Å². The third-order valence-corrected chi connectivity index (χ3v) is 7.31. The van der Waals surface area contributed by atoms with Gasteiger partial charge in [-0.2, -0.15) is 0 Å². The minimum atomic E-state index is -1.89. The van der Waals surface area contributed by atoms with Crippen LogP contribution in [0.4, 0.5) is 0 Å². The lowest BCUT2D eigenvalue weighted by molar-refractivity contribution is -0.208. The Hall–Kier alpha value is -1.14. The van der Waals surface area contributed by atoms with Crippen LogP contribution in [0.3, 0.4) is 0 Å². The summed E-state index contributed by atoms with van der Waals surface area (Å²) in [5, 5.41) is 20.6. The lowest BCUT2D eigenvalue weighted by Gasteiger charge is -2.38. The van der Waals surface area contributed by atoms with Gasteiger partial charge in [-0.15, -0.1) is 0 Å². The van der Waals surface area contributed by atoms with E-state index in [9.17, 15) is 19.8 Å². The van der Waals surface area contributed by atoms with Crippen LogP contribution in [0, 0.1) is 17.8 Å². The molecule has 0 rings (SSSR count). The highest BCUT2D eigenvalue weighted by Crippen LogP contribution is 2.34. The van der Waals surface area contributed by atoms with Gasteiger partial charge in [-0.05, 0) is 37.0 Å². The summed E-state index contributed by atoms with van der Waals surface area (Å²) in [6, 6.07) is 0. The lowest BCUT2D eigenvalue weighted by atomic mass is 9.81. The van der Waals surface area contributed by atoms with Gasteiger partial charge < -0.3 is 19.7 Å². The van der Waals surface area contributed by atoms with Gasteiger partial charge in [0.1, 0.15) is 0 Å². The van der Waals surface area contributed by atoms with Crippen LogP contribution in [0.25, 0.3) is 0 Å². The topological polar surface area (TPSA) is 93.1 Å². The maximum absolute atomic E-state index is 12.8. The Bertz CT molecular complexity index is 537. The van der Waals surface area contributed by atoms with Crippen LogP contribution in [0.1, 0.15) is 125 Å². The Balaban J connectivity index is 6.01. The van der Waals surface area contributed by atoms with Crippen LogP contribution in [0.5, 0.6) is 0 Å². The Morgan fingerprint density at radius 3 is 1.53 bits per heavy atom. The van der Waals surface area contributed by atoms with Gasteiger partial charge >= 0.3 is 11.9 Å². The fraction of sp³-hybridized carbons (Fsp3) is 0.929. The standard InChI is InChI=1S/C28H54O6/c1-7-13-16-22(10-4)19-28(27(31)32,34-21-24(12-6)18-15-9-3)25(26(29)30)33-20-23(11-5)17-14-8-2/h22-25H,7-21H2,1-6H3,(H,29,30)(H,31,32). The van der Waals surface area contributed by atoms with E-state index in [2.05, 4.69) is 34.6 Å². The molecule has 0 saturated heterocycles. The van der Waals surface area contributed by atoms with Crippen LogP contribution in [0.15, 0.2) is 0 Å². The van der Waals surface area contributed by atoms with Gasteiger partial charge in [0.25, 0.3) is 0 Å². The third-order valence-electron chi connectivity index (χ3n) is 7.31. The van der Waals surface area contributed by atoms with Gasteiger partial charge in [0.15, 0.2) is 6.10 Å². The molecule has 0 saturated carbocycles. The number of ether oxygens (including phenoxy) is 2. The summed E-state index contributed by atoms with van der Waals surface area (Å²) in [6.45, 7) is 13.0. The van der Waals surface area contributed by atoms with Crippen LogP contribution in [-0.2, 0) is 19.1 Å². The normalized spacial score (nSPS) is 17.0. The molecule has 6 nitrogen and oxygen atoms in total. The number of carboxylic acid groups (broad SMARTS) is 2. The van der Waals surface area contributed by atoms with Gasteiger partial charge in [-0.25, -0.2) is 9.59 Å². The molecule has 0 aliphatic carbocycles. The molecule has 0 aliphatic heterocycles. The Morgan fingerprint density at radius 1 is 0.706 bits per heavy atom. The largest absolute Gasteiger partial charge is 0.479 e. The first kappa shape index (κ1) is 32.9. The predicted molar refractivity (Wildman–Crippen MR) is 138 cm³/mol. The van der Waals surface area contributed by atoms with Gasteiger partial charge in [-0.1, -0.05) is 106 Å². The molecule has 0 radical (unpaired) electrons. The molecule has 2 N–H and O–H groups in total. The average Bonchev–Trinajstić information content (AvgIpc) is 2.82. The van der Waals surface area contributed by atoms with Gasteiger partial charge in [0.2, 0.25) is 5.60 Å². The number of carboxylic acids is 2. The second-order valence-corrected chi connectivity index (χ2v) is 10.0. The highest BCUT2D eigenvalue weighted by atomic mass is 16.6. The quantitative estimate of drug-likeness (QED) is 0.157. The van der Waals surface area contributed by atoms with Crippen molar-refractivity contribution in [2.75, 3.05) is 13.2 Å².